The molecule has 4 heterocycles. The predicted octanol–water partition coefficient (Wildman–Crippen LogP) is -3.29. The maximum Gasteiger partial charge on any atom is 0.335 e. The van der Waals surface area contributed by atoms with Crippen LogP contribution < -0.4 is 4.74 Å². The number of hydrogen-bond donors (Lipinski definition) is 11. The second-order valence-corrected chi connectivity index (χ2v) is 12.2. The first-order chi connectivity index (χ1) is 24.1. The fourth-order valence-electron chi connectivity index (χ4n) is 5.79. The highest BCUT2D eigenvalue weighted by atomic mass is 16.7. The Balaban J connectivity index is 1.44. The fraction of sp³-hybridized carbons (Fsp3) is 0.484. The molecule has 0 spiro atoms. The Labute approximate surface area is 286 Å². The quantitative estimate of drug-likeness (QED) is 0.0779. The van der Waals surface area contributed by atoms with E-state index in [0.29, 0.717) is 0 Å². The van der Waals surface area contributed by atoms with Gasteiger partial charge >= 0.3 is 11.9 Å². The fourth-order valence-corrected chi connectivity index (χ4v) is 5.79. The van der Waals surface area contributed by atoms with E-state index in [0.717, 1.165) is 18.2 Å². The maximum absolute atomic E-state index is 12.4. The number of aromatic hydroxyl groups is 5. The molecule has 6 rings (SSSR count). The molecule has 2 saturated heterocycles. The first-order valence-electron chi connectivity index (χ1n) is 15.4. The Morgan fingerprint density at radius 2 is 1.24 bits per heavy atom. The molecule has 0 aromatic heterocycles. The molecule has 2 aromatic carbocycles. The molecule has 12 atom stereocenters. The zero-order chi connectivity index (χ0) is 36.9. The van der Waals surface area contributed by atoms with Crippen molar-refractivity contribution < 1.29 is 98.9 Å². The highest BCUT2D eigenvalue weighted by molar-refractivity contribution is 5.81. The van der Waals surface area contributed by atoms with Gasteiger partial charge in [0, 0.05) is 12.1 Å². The summed E-state index contributed by atoms with van der Waals surface area (Å²) in [5.74, 6) is -5.93. The summed E-state index contributed by atoms with van der Waals surface area (Å²) in [6, 6.07) is 4.27. The number of ether oxygens (including phenoxy) is 7. The van der Waals surface area contributed by atoms with Crippen molar-refractivity contribution in [1.82, 2.24) is 0 Å². The van der Waals surface area contributed by atoms with Gasteiger partial charge < -0.3 is 89.3 Å². The molecule has 0 saturated carbocycles. The second kappa shape index (κ2) is 14.2. The van der Waals surface area contributed by atoms with Gasteiger partial charge in [0.2, 0.25) is 12.6 Å². The largest absolute Gasteiger partial charge is 0.571 e. The van der Waals surface area contributed by atoms with Crippen molar-refractivity contribution in [1.29, 1.82) is 0 Å². The van der Waals surface area contributed by atoms with Crippen LogP contribution in [0.4, 0.5) is 0 Å². The van der Waals surface area contributed by atoms with Gasteiger partial charge in [0.1, 0.15) is 79.1 Å². The molecule has 12 N–H and O–H groups in total. The van der Waals surface area contributed by atoms with Crippen molar-refractivity contribution in [2.45, 2.75) is 80.0 Å². The topological polar surface area (TPSA) is 325 Å². The summed E-state index contributed by atoms with van der Waals surface area (Å²) in [7, 11) is 0. The number of aliphatic hydroxyl groups is 8. The average Bonchev–Trinajstić information content (AvgIpc) is 3.09. The van der Waals surface area contributed by atoms with E-state index in [1.807, 2.05) is 0 Å². The summed E-state index contributed by atoms with van der Waals surface area (Å²) in [6.45, 7) is -1.58. The Hall–Kier alpha value is -4.64. The third kappa shape index (κ3) is 7.13. The van der Waals surface area contributed by atoms with E-state index in [1.54, 1.807) is 0 Å². The minimum absolute atomic E-state index is 0.000416. The number of cyclic esters (lactones) is 2. The molecule has 2 aromatic rings. The molecule has 12 unspecified atom stereocenters. The highest BCUT2D eigenvalue weighted by Gasteiger charge is 2.49. The standard InChI is InChI=1S/C31H34O20/c32-10-3-15-11-5-17(28(47-15)9-1-12(33)21(37)13(34)2-9)49-31-27(43)24(40)22(38)18(50-31)7-45-20(36)6-14(35)29(44)46-8-19-23(39)25(41)26(42)30(51-19)48-16(11)4-10/h1-5,14,18-19,22-28,30-35,37-43H,6-8H2/p+1. The van der Waals surface area contributed by atoms with Crippen molar-refractivity contribution >= 4 is 18.0 Å². The van der Waals surface area contributed by atoms with Crippen molar-refractivity contribution in [3.05, 3.63) is 41.2 Å². The molecule has 4 aliphatic heterocycles. The van der Waals surface area contributed by atoms with E-state index in [9.17, 15) is 65.8 Å². The summed E-state index contributed by atoms with van der Waals surface area (Å²) in [4.78, 5) is 24.9. The highest BCUT2D eigenvalue weighted by Crippen LogP contribution is 2.48. The molecule has 4 aliphatic rings. The van der Waals surface area contributed by atoms with E-state index >= 15 is 0 Å². The van der Waals surface area contributed by atoms with Crippen LogP contribution in [0.25, 0.3) is 6.08 Å². The number of rotatable bonds is 1. The molecule has 20 nitrogen and oxygen atoms in total. The zero-order valence-electron chi connectivity index (χ0n) is 26.1. The number of fused-ring (bicyclic) bond motifs is 4. The van der Waals surface area contributed by atoms with Crippen LogP contribution in [0.5, 0.6) is 34.5 Å². The van der Waals surface area contributed by atoms with Crippen LogP contribution >= 0.6 is 0 Å². The first kappa shape index (κ1) is 36.2. The molecular formula is C31H35O20+. The SMILES string of the molecule is O=C1CC(O)C(=O)OCC2OC(Oc3cc(O)cc4c3C=C(OC3OC(CO1)C(O)C(O)C3O)C(c1cc(O)c(O)c(O)c1)[OH+]4)C(O)C(O)C2O. The molecule has 0 aliphatic carbocycles. The lowest BCUT2D eigenvalue weighted by Gasteiger charge is -2.41. The molecule has 2 fully saturated rings. The monoisotopic (exact) mass is 727 g/mol. The molecule has 0 radical (unpaired) electrons. The number of carbonyl (C=O) groups excluding carboxylic acids is 2. The van der Waals surface area contributed by atoms with Crippen LogP contribution in [0.3, 0.4) is 0 Å². The Morgan fingerprint density at radius 1 is 0.667 bits per heavy atom. The maximum atomic E-state index is 12.4. The van der Waals surface area contributed by atoms with Crippen molar-refractivity contribution in [3.63, 3.8) is 0 Å². The molecule has 6 bridgehead atoms. The summed E-state index contributed by atoms with van der Waals surface area (Å²) < 4.78 is 37.5. The van der Waals surface area contributed by atoms with Crippen molar-refractivity contribution in [2.75, 3.05) is 13.2 Å². The van der Waals surface area contributed by atoms with Gasteiger partial charge in [0.05, 0.1) is 18.1 Å². The molecule has 20 heteroatoms. The van der Waals surface area contributed by atoms with E-state index in [1.165, 1.54) is 12.1 Å². The van der Waals surface area contributed by atoms with Gasteiger partial charge in [-0.1, -0.05) is 0 Å². The number of benzene rings is 2. The Bertz CT molecular complexity index is 1660. The van der Waals surface area contributed by atoms with Gasteiger partial charge in [-0.05, 0) is 12.1 Å². The number of phenols is 4. The Kier molecular flexibility index (Phi) is 10.0. The third-order valence-corrected chi connectivity index (χ3v) is 8.60. The van der Waals surface area contributed by atoms with Gasteiger partial charge in [-0.25, -0.2) is 4.79 Å². The smallest absolute Gasteiger partial charge is 0.335 e. The van der Waals surface area contributed by atoms with Crippen LogP contribution in [0.15, 0.2) is 30.0 Å². The van der Waals surface area contributed by atoms with E-state index in [2.05, 4.69) is 4.74 Å². The van der Waals surface area contributed by atoms with Crippen LogP contribution in [-0.2, 0) is 33.3 Å². The average molecular weight is 728 g/mol. The first-order valence-corrected chi connectivity index (χ1v) is 15.4. The number of esters is 2. The van der Waals surface area contributed by atoms with Gasteiger partial charge in [-0.3, -0.25) is 4.79 Å². The minimum Gasteiger partial charge on any atom is -0.571 e. The predicted molar refractivity (Wildman–Crippen MR) is 160 cm³/mol. The molecule has 0 amide bonds. The normalized spacial score (nSPS) is 35.9. The van der Waals surface area contributed by atoms with Gasteiger partial charge in [0.15, 0.2) is 29.1 Å². The van der Waals surface area contributed by atoms with Gasteiger partial charge in [-0.15, -0.1) is 0 Å². The van der Waals surface area contributed by atoms with Crippen LogP contribution in [0.1, 0.15) is 23.7 Å². The number of phenolic OH excluding ortho intramolecular Hbond substituents is 4. The van der Waals surface area contributed by atoms with E-state index < -0.39 is 128 Å². The zero-order valence-corrected chi connectivity index (χ0v) is 26.1. The van der Waals surface area contributed by atoms with Crippen LogP contribution in [0, 0.1) is 0 Å². The summed E-state index contributed by atoms with van der Waals surface area (Å²) in [5, 5.41) is 115. The van der Waals surface area contributed by atoms with Crippen LogP contribution in [-0.4, -0.2) is 154 Å². The number of hydrogen-bond acceptors (Lipinski definition) is 19. The number of carbonyl (C=O) groups is 2. The summed E-state index contributed by atoms with van der Waals surface area (Å²) in [5.41, 5.74) is -0.0185. The minimum atomic E-state index is -2.09. The van der Waals surface area contributed by atoms with Gasteiger partial charge in [0.25, 0.3) is 11.9 Å². The third-order valence-electron chi connectivity index (χ3n) is 8.60. The van der Waals surface area contributed by atoms with Crippen LogP contribution in [0.2, 0.25) is 0 Å². The lowest BCUT2D eigenvalue weighted by Crippen LogP contribution is -2.60. The van der Waals surface area contributed by atoms with Crippen molar-refractivity contribution in [3.8, 4) is 34.5 Å². The second-order valence-electron chi connectivity index (χ2n) is 12.2. The molecule has 51 heavy (non-hydrogen) atoms. The summed E-state index contributed by atoms with van der Waals surface area (Å²) >= 11 is 0. The lowest BCUT2D eigenvalue weighted by atomic mass is 9.98. The Morgan fingerprint density at radius 3 is 1.84 bits per heavy atom. The lowest BCUT2D eigenvalue weighted by molar-refractivity contribution is -0.296. The molecular weight excluding hydrogens is 692 g/mol. The summed E-state index contributed by atoms with van der Waals surface area (Å²) in [6.07, 6.45) is -21.4. The number of aliphatic hydroxyl groups excluding tert-OH is 7. The van der Waals surface area contributed by atoms with E-state index in [4.69, 9.17) is 28.4 Å². The molecule has 278 valence electrons. The van der Waals surface area contributed by atoms with E-state index in [-0.39, 0.29) is 28.4 Å². The van der Waals surface area contributed by atoms with Crippen molar-refractivity contribution in [2.24, 2.45) is 0 Å². The van der Waals surface area contributed by atoms with Gasteiger partial charge in [-0.2, -0.15) is 0 Å².